The van der Waals surface area contributed by atoms with Crippen LogP contribution in [0.2, 0.25) is 10.0 Å². The molecule has 0 spiro atoms. The molecule has 5 N–H and O–H groups in total. The van der Waals surface area contributed by atoms with Crippen LogP contribution in [0.3, 0.4) is 0 Å². The van der Waals surface area contributed by atoms with Crippen LogP contribution < -0.4 is 11.1 Å². The van der Waals surface area contributed by atoms with Crippen molar-refractivity contribution in [3.05, 3.63) is 63.6 Å². The molecule has 0 radical (unpaired) electrons. The molecular weight excluding hydrogens is 339 g/mol. The lowest BCUT2D eigenvalue weighted by Gasteiger charge is -2.23. The van der Waals surface area contributed by atoms with E-state index in [2.05, 4.69) is 5.32 Å². The molecule has 0 saturated heterocycles. The lowest BCUT2D eigenvalue weighted by molar-refractivity contribution is 0.0703. The van der Waals surface area contributed by atoms with Crippen LogP contribution >= 0.6 is 23.2 Å². The van der Waals surface area contributed by atoms with Gasteiger partial charge >= 0.3 is 0 Å². The Balaban J connectivity index is 2.14. The van der Waals surface area contributed by atoms with Gasteiger partial charge in [-0.1, -0.05) is 35.3 Å². The fourth-order valence-electron chi connectivity index (χ4n) is 2.07. The van der Waals surface area contributed by atoms with E-state index in [-0.39, 0.29) is 10.6 Å². The minimum absolute atomic E-state index is 0.189. The van der Waals surface area contributed by atoms with E-state index in [0.717, 1.165) is 0 Å². The van der Waals surface area contributed by atoms with Crippen LogP contribution in [0.5, 0.6) is 0 Å². The molecule has 2 unspecified atom stereocenters. The predicted octanol–water partition coefficient (Wildman–Crippen LogP) is 2.40. The third kappa shape index (κ3) is 4.36. The fraction of sp³-hybridized carbons (Fsp3) is 0.188. The van der Waals surface area contributed by atoms with Gasteiger partial charge in [-0.05, 0) is 35.9 Å². The first-order valence-corrected chi connectivity index (χ1v) is 7.58. The first-order valence-electron chi connectivity index (χ1n) is 6.82. The van der Waals surface area contributed by atoms with Crippen molar-refractivity contribution in [2.45, 2.75) is 12.1 Å². The van der Waals surface area contributed by atoms with Crippen LogP contribution in [0, 0.1) is 0 Å². The topological polar surface area (TPSA) is 95.6 Å². The molecule has 0 aliphatic carbocycles. The smallest absolute Gasteiger partial charge is 0.253 e. The second kappa shape index (κ2) is 7.66. The Morgan fingerprint density at radius 2 is 1.83 bits per heavy atom. The van der Waals surface area contributed by atoms with Gasteiger partial charge in [0.05, 0.1) is 23.2 Å². The molecule has 0 aliphatic rings. The van der Waals surface area contributed by atoms with E-state index in [4.69, 9.17) is 28.9 Å². The average molecular weight is 355 g/mol. The number of nitrogens with two attached hydrogens (primary N) is 1. The van der Waals surface area contributed by atoms with Gasteiger partial charge in [0.2, 0.25) is 0 Å². The molecule has 0 fully saturated rings. The van der Waals surface area contributed by atoms with E-state index in [1.807, 2.05) is 0 Å². The Labute approximate surface area is 143 Å². The Bertz CT molecular complexity index is 692. The highest BCUT2D eigenvalue weighted by Gasteiger charge is 2.23. The lowest BCUT2D eigenvalue weighted by Crippen LogP contribution is -2.42. The summed E-state index contributed by atoms with van der Waals surface area (Å²) in [6.45, 7) is -0.442. The molecule has 0 heterocycles. The molecule has 2 rings (SSSR count). The molecule has 0 saturated carbocycles. The summed E-state index contributed by atoms with van der Waals surface area (Å²) in [5.41, 5.74) is 6.88. The van der Waals surface area contributed by atoms with Crippen molar-refractivity contribution in [1.82, 2.24) is 5.32 Å². The highest BCUT2D eigenvalue weighted by atomic mass is 35.5. The van der Waals surface area contributed by atoms with Gasteiger partial charge in [0.1, 0.15) is 6.10 Å². The molecule has 5 nitrogen and oxygen atoms in total. The van der Waals surface area contributed by atoms with Crippen LogP contribution in [0.1, 0.15) is 22.0 Å². The summed E-state index contributed by atoms with van der Waals surface area (Å²) in [6, 6.07) is 10.1. The second-order valence-electron chi connectivity index (χ2n) is 5.00. The van der Waals surface area contributed by atoms with Crippen LogP contribution in [0.4, 0.5) is 5.69 Å². The van der Waals surface area contributed by atoms with Crippen LogP contribution in [-0.4, -0.2) is 28.8 Å². The number of nitrogens with one attached hydrogen (secondary N) is 1. The number of hydrogen-bond donors (Lipinski definition) is 4. The number of aliphatic hydroxyl groups is 2. The summed E-state index contributed by atoms with van der Waals surface area (Å²) in [5, 5.41) is 22.9. The minimum atomic E-state index is -1.09. The van der Waals surface area contributed by atoms with Crippen molar-refractivity contribution < 1.29 is 15.0 Å². The van der Waals surface area contributed by atoms with E-state index < -0.39 is 24.7 Å². The quantitative estimate of drug-likeness (QED) is 0.620. The first-order chi connectivity index (χ1) is 10.9. The number of amides is 1. The first kappa shape index (κ1) is 17.6. The van der Waals surface area contributed by atoms with Gasteiger partial charge in [-0.3, -0.25) is 4.79 Å². The van der Waals surface area contributed by atoms with Gasteiger partial charge in [-0.25, -0.2) is 0 Å². The molecule has 122 valence electrons. The van der Waals surface area contributed by atoms with Gasteiger partial charge in [0.25, 0.3) is 5.91 Å². The van der Waals surface area contributed by atoms with E-state index in [1.165, 1.54) is 18.2 Å². The fourth-order valence-corrected chi connectivity index (χ4v) is 2.56. The van der Waals surface area contributed by atoms with Crippen molar-refractivity contribution in [2.24, 2.45) is 0 Å². The summed E-state index contributed by atoms with van der Waals surface area (Å²) in [4.78, 5) is 12.3. The van der Waals surface area contributed by atoms with Gasteiger partial charge in [0, 0.05) is 10.7 Å². The second-order valence-corrected chi connectivity index (χ2v) is 5.84. The van der Waals surface area contributed by atoms with E-state index in [0.29, 0.717) is 16.3 Å². The maximum atomic E-state index is 12.3. The number of rotatable bonds is 5. The van der Waals surface area contributed by atoms with Gasteiger partial charge < -0.3 is 21.3 Å². The Hall–Kier alpha value is -1.79. The highest BCUT2D eigenvalue weighted by molar-refractivity contribution is 6.36. The number of hydrogen-bond acceptors (Lipinski definition) is 4. The molecule has 23 heavy (non-hydrogen) atoms. The number of aliphatic hydroxyl groups excluding tert-OH is 2. The molecular formula is C16H16Cl2N2O3. The normalized spacial score (nSPS) is 13.4. The Kier molecular flexibility index (Phi) is 5.85. The van der Waals surface area contributed by atoms with Gasteiger partial charge in [0.15, 0.2) is 0 Å². The lowest BCUT2D eigenvalue weighted by atomic mass is 10.0. The zero-order chi connectivity index (χ0) is 17.0. The number of halogens is 2. The molecule has 7 heteroatoms. The number of carbonyl (C=O) groups is 1. The maximum absolute atomic E-state index is 12.3. The van der Waals surface area contributed by atoms with E-state index in [9.17, 15) is 15.0 Å². The summed E-state index contributed by atoms with van der Waals surface area (Å²) >= 11 is 11.8. The standard InChI is InChI=1S/C16H16Cl2N2O3/c17-10-3-6-12(13(18)7-10)16(23)20-14(8-21)15(22)9-1-4-11(19)5-2-9/h1-7,14-15,21-22H,8,19H2,(H,20,23). The largest absolute Gasteiger partial charge is 0.399 e. The van der Waals surface area contributed by atoms with Crippen molar-refractivity contribution in [2.75, 3.05) is 12.3 Å². The van der Waals surface area contributed by atoms with Crippen LogP contribution in [0.25, 0.3) is 0 Å². The van der Waals surface area contributed by atoms with Crippen molar-refractivity contribution in [3.63, 3.8) is 0 Å². The number of anilines is 1. The molecule has 2 atom stereocenters. The summed E-state index contributed by atoms with van der Waals surface area (Å²) < 4.78 is 0. The molecule has 1 amide bonds. The summed E-state index contributed by atoms with van der Waals surface area (Å²) in [7, 11) is 0. The summed E-state index contributed by atoms with van der Waals surface area (Å²) in [5.74, 6) is -0.514. The molecule has 0 aromatic heterocycles. The summed E-state index contributed by atoms with van der Waals surface area (Å²) in [6.07, 6.45) is -1.09. The molecule has 0 bridgehead atoms. The van der Waals surface area contributed by atoms with Crippen molar-refractivity contribution >= 4 is 34.8 Å². The van der Waals surface area contributed by atoms with E-state index in [1.54, 1.807) is 24.3 Å². The average Bonchev–Trinajstić information content (AvgIpc) is 2.52. The SMILES string of the molecule is Nc1ccc(C(O)C(CO)NC(=O)c2ccc(Cl)cc2Cl)cc1. The van der Waals surface area contributed by atoms with Crippen LogP contribution in [-0.2, 0) is 0 Å². The van der Waals surface area contributed by atoms with Crippen molar-refractivity contribution in [3.8, 4) is 0 Å². The van der Waals surface area contributed by atoms with Crippen LogP contribution in [0.15, 0.2) is 42.5 Å². The Morgan fingerprint density at radius 3 is 2.39 bits per heavy atom. The van der Waals surface area contributed by atoms with Crippen molar-refractivity contribution in [1.29, 1.82) is 0 Å². The number of benzene rings is 2. The van der Waals surface area contributed by atoms with E-state index >= 15 is 0 Å². The zero-order valence-electron chi connectivity index (χ0n) is 12.0. The van der Waals surface area contributed by atoms with Gasteiger partial charge in [-0.2, -0.15) is 0 Å². The third-order valence-electron chi connectivity index (χ3n) is 3.35. The maximum Gasteiger partial charge on any atom is 0.253 e. The molecule has 2 aromatic rings. The predicted molar refractivity (Wildman–Crippen MR) is 90.6 cm³/mol. The Morgan fingerprint density at radius 1 is 1.17 bits per heavy atom. The number of nitrogen functional groups attached to an aromatic ring is 1. The van der Waals surface area contributed by atoms with Gasteiger partial charge in [-0.15, -0.1) is 0 Å². The monoisotopic (exact) mass is 354 g/mol. The molecule has 2 aromatic carbocycles. The minimum Gasteiger partial charge on any atom is -0.399 e. The zero-order valence-corrected chi connectivity index (χ0v) is 13.6. The third-order valence-corrected chi connectivity index (χ3v) is 3.90. The number of carbonyl (C=O) groups excluding carboxylic acids is 1. The molecule has 0 aliphatic heterocycles. The highest BCUT2D eigenvalue weighted by Crippen LogP contribution is 2.22.